The molecule has 0 bridgehead atoms. The van der Waals surface area contributed by atoms with E-state index in [2.05, 4.69) is 0 Å². The number of carbonyl (C=O) groups excluding carboxylic acids is 2. The molecule has 0 aromatic carbocycles. The number of carbonyl (C=O) groups is 2. The van der Waals surface area contributed by atoms with Gasteiger partial charge in [0.1, 0.15) is 11.0 Å². The highest BCUT2D eigenvalue weighted by molar-refractivity contribution is 6.07. The third kappa shape index (κ3) is 1.35. The number of esters is 1. The number of ether oxygens (including phenoxy) is 1. The van der Waals surface area contributed by atoms with Gasteiger partial charge in [-0.15, -0.1) is 0 Å². The summed E-state index contributed by atoms with van der Waals surface area (Å²) in [7, 11) is 0. The Morgan fingerprint density at radius 2 is 1.69 bits per heavy atom. The molecule has 1 unspecified atom stereocenters. The second kappa shape index (κ2) is 2.54. The van der Waals surface area contributed by atoms with E-state index in [1.165, 1.54) is 27.7 Å². The molecule has 0 aromatic heterocycles. The third-order valence-electron chi connectivity index (χ3n) is 2.39. The average molecular weight is 186 g/mol. The molecule has 1 atom stereocenters. The highest BCUT2D eigenvalue weighted by atomic mass is 16.6. The van der Waals surface area contributed by atoms with Gasteiger partial charge in [0, 0.05) is 0 Å². The van der Waals surface area contributed by atoms with Gasteiger partial charge in [-0.3, -0.25) is 9.59 Å². The maximum absolute atomic E-state index is 11.5. The van der Waals surface area contributed by atoms with Crippen molar-refractivity contribution < 1.29 is 19.4 Å². The lowest BCUT2D eigenvalue weighted by atomic mass is 9.77. The van der Waals surface area contributed by atoms with Gasteiger partial charge in [0.25, 0.3) is 0 Å². The van der Waals surface area contributed by atoms with Gasteiger partial charge in [0.15, 0.2) is 11.9 Å². The molecule has 1 aliphatic heterocycles. The largest absolute Gasteiger partial charge is 0.456 e. The summed E-state index contributed by atoms with van der Waals surface area (Å²) in [5, 5.41) is 9.53. The van der Waals surface area contributed by atoms with Crippen molar-refractivity contribution in [1.29, 1.82) is 0 Å². The molecule has 1 N–H and O–H groups in total. The van der Waals surface area contributed by atoms with Crippen LogP contribution in [0.4, 0.5) is 0 Å². The van der Waals surface area contributed by atoms with Crippen LogP contribution in [0.15, 0.2) is 0 Å². The molecule has 4 nitrogen and oxygen atoms in total. The highest BCUT2D eigenvalue weighted by Gasteiger charge is 2.53. The Kier molecular flexibility index (Phi) is 1.99. The Morgan fingerprint density at radius 1 is 1.23 bits per heavy atom. The van der Waals surface area contributed by atoms with E-state index in [1.807, 2.05) is 0 Å². The van der Waals surface area contributed by atoms with Crippen LogP contribution in [0.3, 0.4) is 0 Å². The molecule has 0 spiro atoms. The molecule has 0 aromatic rings. The normalized spacial score (nSPS) is 31.3. The van der Waals surface area contributed by atoms with Crippen LogP contribution in [-0.2, 0) is 14.3 Å². The van der Waals surface area contributed by atoms with E-state index in [9.17, 15) is 14.7 Å². The summed E-state index contributed by atoms with van der Waals surface area (Å²) in [6.45, 7) is 5.94. The number of rotatable bonds is 0. The number of hydrogen-bond donors (Lipinski definition) is 1. The lowest BCUT2D eigenvalue weighted by Gasteiger charge is -2.40. The van der Waals surface area contributed by atoms with E-state index >= 15 is 0 Å². The van der Waals surface area contributed by atoms with E-state index in [4.69, 9.17) is 4.74 Å². The topological polar surface area (TPSA) is 63.6 Å². The minimum atomic E-state index is -1.24. The predicted molar refractivity (Wildman–Crippen MR) is 45.0 cm³/mol. The van der Waals surface area contributed by atoms with Crippen molar-refractivity contribution in [2.45, 2.75) is 39.4 Å². The van der Waals surface area contributed by atoms with E-state index in [0.717, 1.165) is 0 Å². The Labute approximate surface area is 76.9 Å². The monoisotopic (exact) mass is 186 g/mol. The van der Waals surface area contributed by atoms with Gasteiger partial charge in [0.05, 0.1) is 0 Å². The number of aliphatic hydroxyl groups is 1. The summed E-state index contributed by atoms with van der Waals surface area (Å²) in [6, 6.07) is 0. The molecule has 0 amide bonds. The van der Waals surface area contributed by atoms with Crippen LogP contribution in [0.5, 0.6) is 0 Å². The Morgan fingerprint density at radius 3 is 2.15 bits per heavy atom. The molecule has 13 heavy (non-hydrogen) atoms. The van der Waals surface area contributed by atoms with Crippen LogP contribution in [0.2, 0.25) is 0 Å². The molecule has 74 valence electrons. The number of ketones is 1. The minimum absolute atomic E-state index is 0.478. The van der Waals surface area contributed by atoms with Crippen molar-refractivity contribution in [2.24, 2.45) is 5.41 Å². The molecule has 0 saturated carbocycles. The van der Waals surface area contributed by atoms with Crippen LogP contribution in [0, 0.1) is 5.41 Å². The third-order valence-corrected chi connectivity index (χ3v) is 2.39. The van der Waals surface area contributed by atoms with Gasteiger partial charge >= 0.3 is 5.97 Å². The first-order valence-corrected chi connectivity index (χ1v) is 4.15. The van der Waals surface area contributed by atoms with Gasteiger partial charge in [-0.05, 0) is 27.7 Å². The smallest absolute Gasteiger partial charge is 0.319 e. The van der Waals surface area contributed by atoms with E-state index in [1.54, 1.807) is 0 Å². The van der Waals surface area contributed by atoms with Crippen molar-refractivity contribution in [3.8, 4) is 0 Å². The lowest BCUT2D eigenvalue weighted by molar-refractivity contribution is -0.197. The molecular weight excluding hydrogens is 172 g/mol. The maximum Gasteiger partial charge on any atom is 0.319 e. The molecule has 1 heterocycles. The average Bonchev–Trinajstić information content (AvgIpc) is 1.98. The van der Waals surface area contributed by atoms with Crippen molar-refractivity contribution >= 4 is 11.8 Å². The van der Waals surface area contributed by atoms with E-state index in [0.29, 0.717) is 0 Å². The fourth-order valence-electron chi connectivity index (χ4n) is 1.18. The second-order valence-electron chi connectivity index (χ2n) is 4.38. The number of aliphatic hydroxyl groups excluding tert-OH is 1. The zero-order valence-corrected chi connectivity index (χ0v) is 8.25. The van der Waals surface area contributed by atoms with Crippen molar-refractivity contribution in [3.63, 3.8) is 0 Å². The fraction of sp³-hybridized carbons (Fsp3) is 0.778. The maximum atomic E-state index is 11.5. The lowest BCUT2D eigenvalue weighted by Crippen LogP contribution is -2.59. The van der Waals surface area contributed by atoms with Gasteiger partial charge in [-0.25, -0.2) is 0 Å². The summed E-state index contributed by atoms with van der Waals surface area (Å²) < 4.78 is 4.96. The SMILES string of the molecule is CC1(C)C(=O)OC(C)(C)C(O)C1=O. The highest BCUT2D eigenvalue weighted by Crippen LogP contribution is 2.33. The fourth-order valence-corrected chi connectivity index (χ4v) is 1.18. The van der Waals surface area contributed by atoms with Crippen LogP contribution in [-0.4, -0.2) is 28.6 Å². The van der Waals surface area contributed by atoms with Crippen LogP contribution < -0.4 is 0 Å². The number of cyclic esters (lactones) is 1. The first kappa shape index (κ1) is 10.2. The summed E-state index contributed by atoms with van der Waals surface area (Å²) in [5.41, 5.74) is -2.33. The molecular formula is C9H14O4. The molecule has 1 saturated heterocycles. The van der Waals surface area contributed by atoms with Crippen molar-refractivity contribution in [1.82, 2.24) is 0 Å². The summed E-state index contributed by atoms with van der Waals surface area (Å²) in [5.74, 6) is -1.05. The van der Waals surface area contributed by atoms with Crippen LogP contribution in [0.1, 0.15) is 27.7 Å². The first-order valence-electron chi connectivity index (χ1n) is 4.15. The van der Waals surface area contributed by atoms with Gasteiger partial charge in [-0.2, -0.15) is 0 Å². The first-order chi connectivity index (χ1) is 5.69. The Balaban J connectivity index is 3.07. The van der Waals surface area contributed by atoms with Crippen LogP contribution >= 0.6 is 0 Å². The quantitative estimate of drug-likeness (QED) is 0.436. The molecule has 0 radical (unpaired) electrons. The predicted octanol–water partition coefficient (Wildman–Crippen LogP) is 0.278. The Hall–Kier alpha value is -0.900. The number of hydrogen-bond acceptors (Lipinski definition) is 4. The standard InChI is InChI=1S/C9H14O4/c1-8(2)5(10)6(11)9(3,4)13-7(8)12/h6,11H,1-4H3. The summed E-state index contributed by atoms with van der Waals surface area (Å²) >= 11 is 0. The summed E-state index contributed by atoms with van der Waals surface area (Å²) in [6.07, 6.45) is -1.24. The van der Waals surface area contributed by atoms with Crippen molar-refractivity contribution in [3.05, 3.63) is 0 Å². The molecule has 1 rings (SSSR count). The zero-order valence-electron chi connectivity index (χ0n) is 8.25. The molecule has 1 fully saturated rings. The molecule has 0 aliphatic carbocycles. The van der Waals surface area contributed by atoms with E-state index < -0.39 is 28.9 Å². The zero-order chi connectivity index (χ0) is 10.4. The van der Waals surface area contributed by atoms with E-state index in [-0.39, 0.29) is 0 Å². The molecule has 4 heteroatoms. The van der Waals surface area contributed by atoms with Gasteiger partial charge < -0.3 is 9.84 Å². The van der Waals surface area contributed by atoms with Gasteiger partial charge in [0.2, 0.25) is 0 Å². The second-order valence-corrected chi connectivity index (χ2v) is 4.38. The Bertz CT molecular complexity index is 265. The van der Waals surface area contributed by atoms with Gasteiger partial charge in [-0.1, -0.05) is 0 Å². The molecule has 1 aliphatic rings. The minimum Gasteiger partial charge on any atom is -0.456 e. The van der Waals surface area contributed by atoms with Crippen LogP contribution in [0.25, 0.3) is 0 Å². The number of Topliss-reactive ketones (excluding diaryl/α,β-unsaturated/α-hetero) is 1. The van der Waals surface area contributed by atoms with Crippen molar-refractivity contribution in [2.75, 3.05) is 0 Å². The summed E-state index contributed by atoms with van der Waals surface area (Å²) in [4.78, 5) is 22.9.